The molecule has 1 atom stereocenters. The van der Waals surface area contributed by atoms with Gasteiger partial charge in [0.1, 0.15) is 5.82 Å². The fourth-order valence-corrected chi connectivity index (χ4v) is 4.65. The van der Waals surface area contributed by atoms with Crippen LogP contribution in [0.4, 0.5) is 5.82 Å². The molecular weight excluding hydrogens is 360 g/mol. The zero-order chi connectivity index (χ0) is 18.8. The number of aromatic nitrogens is 3. The quantitative estimate of drug-likeness (QED) is 0.466. The minimum absolute atomic E-state index is 0.101. The Labute approximate surface area is 161 Å². The second kappa shape index (κ2) is 7.68. The molecule has 0 radical (unpaired) electrons. The molecule has 0 saturated heterocycles. The molecule has 2 N–H and O–H groups in total. The Morgan fingerprint density at radius 2 is 2.19 bits per heavy atom. The number of carbonyl (C=O) groups excluding carboxylic acids is 1. The van der Waals surface area contributed by atoms with Crippen LogP contribution in [0.25, 0.3) is 0 Å². The molecule has 0 spiro atoms. The van der Waals surface area contributed by atoms with Gasteiger partial charge < -0.3 is 10.3 Å². The highest BCUT2D eigenvalue weighted by molar-refractivity contribution is 7.99. The standard InChI is InChI=1S/C20H22N4O2S/c1-2-3-10-27-20-23-18-17(19(26)24-20)15(12-6-5-9-21-11-12)16-13(22-18)7-4-8-14(16)25/h5-6,9,11,15H,2-4,7-8,10H2,1H3,(H2,22,23,24,26). The van der Waals surface area contributed by atoms with Crippen molar-refractivity contribution >= 4 is 23.4 Å². The van der Waals surface area contributed by atoms with Gasteiger partial charge in [-0.1, -0.05) is 31.2 Å². The predicted molar refractivity (Wildman–Crippen MR) is 106 cm³/mol. The number of anilines is 1. The molecule has 27 heavy (non-hydrogen) atoms. The Morgan fingerprint density at radius 3 is 2.96 bits per heavy atom. The zero-order valence-corrected chi connectivity index (χ0v) is 16.1. The van der Waals surface area contributed by atoms with Crippen LogP contribution in [-0.2, 0) is 4.79 Å². The molecule has 1 unspecified atom stereocenters. The van der Waals surface area contributed by atoms with E-state index in [0.29, 0.717) is 28.5 Å². The lowest BCUT2D eigenvalue weighted by molar-refractivity contribution is -0.116. The van der Waals surface area contributed by atoms with Crippen molar-refractivity contribution in [3.63, 3.8) is 0 Å². The number of nitrogens with zero attached hydrogens (tertiary/aromatic N) is 2. The average Bonchev–Trinajstić information content (AvgIpc) is 2.67. The van der Waals surface area contributed by atoms with Crippen LogP contribution in [0, 0.1) is 0 Å². The maximum absolute atomic E-state index is 13.0. The van der Waals surface area contributed by atoms with Crippen LogP contribution in [0.3, 0.4) is 0 Å². The first-order chi connectivity index (χ1) is 13.2. The third-order valence-electron chi connectivity index (χ3n) is 4.99. The number of aromatic amines is 1. The maximum atomic E-state index is 13.0. The number of Topliss-reactive ketones (excluding diaryl/α,β-unsaturated/α-hetero) is 1. The number of rotatable bonds is 5. The summed E-state index contributed by atoms with van der Waals surface area (Å²) in [7, 11) is 0. The molecule has 0 amide bonds. The number of allylic oxidation sites excluding steroid dienone is 2. The zero-order valence-electron chi connectivity index (χ0n) is 15.2. The number of unbranched alkanes of at least 4 members (excludes halogenated alkanes) is 1. The molecule has 140 valence electrons. The van der Waals surface area contributed by atoms with Gasteiger partial charge in [-0.15, -0.1) is 0 Å². The highest BCUT2D eigenvalue weighted by atomic mass is 32.2. The van der Waals surface area contributed by atoms with Crippen molar-refractivity contribution in [1.29, 1.82) is 0 Å². The predicted octanol–water partition coefficient (Wildman–Crippen LogP) is 3.62. The Morgan fingerprint density at radius 1 is 1.30 bits per heavy atom. The van der Waals surface area contributed by atoms with E-state index in [9.17, 15) is 9.59 Å². The van der Waals surface area contributed by atoms with E-state index in [4.69, 9.17) is 0 Å². The molecule has 7 heteroatoms. The monoisotopic (exact) mass is 382 g/mol. The number of pyridine rings is 1. The van der Waals surface area contributed by atoms with E-state index in [-0.39, 0.29) is 11.3 Å². The van der Waals surface area contributed by atoms with Crippen molar-refractivity contribution in [2.45, 2.75) is 50.1 Å². The van der Waals surface area contributed by atoms with Gasteiger partial charge >= 0.3 is 0 Å². The molecule has 1 aliphatic carbocycles. The molecule has 1 aliphatic heterocycles. The van der Waals surface area contributed by atoms with Gasteiger partial charge in [0.2, 0.25) is 0 Å². The topological polar surface area (TPSA) is 87.7 Å². The number of carbonyl (C=O) groups is 1. The maximum Gasteiger partial charge on any atom is 0.257 e. The van der Waals surface area contributed by atoms with Gasteiger partial charge in [0.15, 0.2) is 10.9 Å². The highest BCUT2D eigenvalue weighted by Crippen LogP contribution is 2.43. The lowest BCUT2D eigenvalue weighted by atomic mass is 9.77. The number of H-pyrrole nitrogens is 1. The largest absolute Gasteiger partial charge is 0.343 e. The Balaban J connectivity index is 1.83. The van der Waals surface area contributed by atoms with Crippen LogP contribution in [0.2, 0.25) is 0 Å². The normalized spacial score (nSPS) is 18.7. The van der Waals surface area contributed by atoms with Crippen LogP contribution in [0.15, 0.2) is 45.7 Å². The second-order valence-electron chi connectivity index (χ2n) is 6.85. The van der Waals surface area contributed by atoms with Crippen molar-refractivity contribution in [1.82, 2.24) is 15.0 Å². The molecule has 0 fully saturated rings. The van der Waals surface area contributed by atoms with Crippen LogP contribution in [-0.4, -0.2) is 26.5 Å². The summed E-state index contributed by atoms with van der Waals surface area (Å²) < 4.78 is 0. The van der Waals surface area contributed by atoms with E-state index in [1.54, 1.807) is 24.2 Å². The summed E-state index contributed by atoms with van der Waals surface area (Å²) in [6, 6.07) is 3.75. The molecule has 2 aromatic rings. The van der Waals surface area contributed by atoms with Gasteiger partial charge in [0.25, 0.3) is 5.56 Å². The molecule has 3 heterocycles. The highest BCUT2D eigenvalue weighted by Gasteiger charge is 2.37. The first-order valence-corrected chi connectivity index (χ1v) is 10.4. The van der Waals surface area contributed by atoms with E-state index in [1.165, 1.54) is 0 Å². The summed E-state index contributed by atoms with van der Waals surface area (Å²) in [6.07, 6.45) is 7.73. The SMILES string of the molecule is CCCCSc1nc2c(c(=O)[nH]1)C(c1cccnc1)C1=C(CCCC1=O)N2. The summed E-state index contributed by atoms with van der Waals surface area (Å²) in [6.45, 7) is 2.14. The van der Waals surface area contributed by atoms with Crippen LogP contribution in [0.5, 0.6) is 0 Å². The number of thioether (sulfide) groups is 1. The molecule has 6 nitrogen and oxygen atoms in total. The molecule has 0 aromatic carbocycles. The lowest BCUT2D eigenvalue weighted by Crippen LogP contribution is -2.32. The smallest absolute Gasteiger partial charge is 0.257 e. The number of hydrogen-bond donors (Lipinski definition) is 2. The minimum Gasteiger partial charge on any atom is -0.343 e. The number of ketones is 1. The van der Waals surface area contributed by atoms with Crippen molar-refractivity contribution < 1.29 is 4.79 Å². The average molecular weight is 382 g/mol. The number of fused-ring (bicyclic) bond motifs is 1. The molecular formula is C20H22N4O2S. The van der Waals surface area contributed by atoms with Crippen molar-refractivity contribution in [3.8, 4) is 0 Å². The Bertz CT molecular complexity index is 952. The van der Waals surface area contributed by atoms with Crippen molar-refractivity contribution in [2.24, 2.45) is 0 Å². The lowest BCUT2D eigenvalue weighted by Gasteiger charge is -2.32. The Hall–Kier alpha value is -2.41. The summed E-state index contributed by atoms with van der Waals surface area (Å²) in [4.78, 5) is 37.5. The van der Waals surface area contributed by atoms with Gasteiger partial charge in [0, 0.05) is 41.8 Å². The van der Waals surface area contributed by atoms with Crippen LogP contribution < -0.4 is 10.9 Å². The fraction of sp³-hybridized carbons (Fsp3) is 0.400. The summed E-state index contributed by atoms with van der Waals surface area (Å²) in [5, 5.41) is 3.92. The van der Waals surface area contributed by atoms with Crippen LogP contribution >= 0.6 is 11.8 Å². The first kappa shape index (κ1) is 18.0. The van der Waals surface area contributed by atoms with Gasteiger partial charge in [-0.25, -0.2) is 4.98 Å². The van der Waals surface area contributed by atoms with E-state index in [0.717, 1.165) is 42.7 Å². The minimum atomic E-state index is -0.413. The number of hydrogen-bond acceptors (Lipinski definition) is 6. The van der Waals surface area contributed by atoms with Gasteiger partial charge in [-0.3, -0.25) is 14.6 Å². The molecule has 0 bridgehead atoms. The van der Waals surface area contributed by atoms with Crippen molar-refractivity contribution in [3.05, 3.63) is 57.3 Å². The molecule has 4 rings (SSSR count). The summed E-state index contributed by atoms with van der Waals surface area (Å²) >= 11 is 1.56. The second-order valence-corrected chi connectivity index (χ2v) is 7.93. The van der Waals surface area contributed by atoms with E-state index >= 15 is 0 Å². The summed E-state index contributed by atoms with van der Waals surface area (Å²) in [5.74, 6) is 1.17. The third-order valence-corrected chi connectivity index (χ3v) is 5.95. The molecule has 2 aliphatic rings. The van der Waals surface area contributed by atoms with Gasteiger partial charge in [-0.2, -0.15) is 0 Å². The van der Waals surface area contributed by atoms with E-state index in [2.05, 4.69) is 27.2 Å². The van der Waals surface area contributed by atoms with Gasteiger partial charge in [0.05, 0.1) is 5.56 Å². The van der Waals surface area contributed by atoms with Crippen molar-refractivity contribution in [2.75, 3.05) is 11.1 Å². The van der Waals surface area contributed by atoms with Crippen LogP contribution in [0.1, 0.15) is 56.1 Å². The summed E-state index contributed by atoms with van der Waals surface area (Å²) in [5.41, 5.74) is 2.76. The van der Waals surface area contributed by atoms with E-state index in [1.807, 2.05) is 12.1 Å². The first-order valence-electron chi connectivity index (χ1n) is 9.39. The van der Waals surface area contributed by atoms with E-state index < -0.39 is 5.92 Å². The number of nitrogens with one attached hydrogen (secondary N) is 2. The van der Waals surface area contributed by atoms with Gasteiger partial charge in [-0.05, 0) is 30.9 Å². The fourth-order valence-electron chi connectivity index (χ4n) is 3.70. The Kier molecular flexibility index (Phi) is 5.11. The third kappa shape index (κ3) is 3.43. The molecule has 0 saturated carbocycles. The molecule has 2 aromatic heterocycles.